The van der Waals surface area contributed by atoms with E-state index in [4.69, 9.17) is 18.6 Å². The van der Waals surface area contributed by atoms with Crippen LogP contribution in [0.15, 0.2) is 57.7 Å². The van der Waals surface area contributed by atoms with E-state index in [9.17, 15) is 14.4 Å². The summed E-state index contributed by atoms with van der Waals surface area (Å²) in [6.07, 6.45) is 3.86. The standard InChI is InChI=1S/C26H27NO7/c1-2-4-17-6-9-19(10-7-17)32-16-24(28)33-20-11-8-18-13-22(26(30)34-23(18)14-20)25(29)27-15-21-5-3-12-31-21/h6-11,13-14,21H,2-5,12,15-16H2,1H3,(H,27,29). The summed E-state index contributed by atoms with van der Waals surface area (Å²) >= 11 is 0. The fourth-order valence-electron chi connectivity index (χ4n) is 3.76. The van der Waals surface area contributed by atoms with Gasteiger partial charge in [-0.25, -0.2) is 9.59 Å². The van der Waals surface area contributed by atoms with Crippen LogP contribution in [0, 0.1) is 0 Å². The zero-order valence-corrected chi connectivity index (χ0v) is 19.0. The molecule has 0 aliphatic carbocycles. The van der Waals surface area contributed by atoms with Crippen LogP contribution in [0.5, 0.6) is 11.5 Å². The molecule has 0 bridgehead atoms. The Balaban J connectivity index is 1.36. The van der Waals surface area contributed by atoms with E-state index >= 15 is 0 Å². The molecule has 1 unspecified atom stereocenters. The first kappa shape index (κ1) is 23.5. The van der Waals surface area contributed by atoms with Crippen LogP contribution in [0.2, 0.25) is 0 Å². The SMILES string of the molecule is CCCc1ccc(OCC(=O)Oc2ccc3cc(C(=O)NCC4CCCO4)c(=O)oc3c2)cc1. The summed E-state index contributed by atoms with van der Waals surface area (Å²) in [5.41, 5.74) is 0.557. The van der Waals surface area contributed by atoms with Gasteiger partial charge in [-0.15, -0.1) is 0 Å². The van der Waals surface area contributed by atoms with Gasteiger partial charge >= 0.3 is 11.6 Å². The number of rotatable bonds is 9. The van der Waals surface area contributed by atoms with Gasteiger partial charge in [0.15, 0.2) is 6.61 Å². The molecule has 3 aromatic rings. The van der Waals surface area contributed by atoms with Crippen molar-refractivity contribution in [3.05, 3.63) is 70.1 Å². The van der Waals surface area contributed by atoms with Gasteiger partial charge in [-0.05, 0) is 55.2 Å². The van der Waals surface area contributed by atoms with Crippen LogP contribution in [0.3, 0.4) is 0 Å². The second kappa shape index (κ2) is 11.0. The maximum absolute atomic E-state index is 12.4. The summed E-state index contributed by atoms with van der Waals surface area (Å²) < 4.78 is 21.6. The normalized spacial score (nSPS) is 15.3. The fraction of sp³-hybridized carbons (Fsp3) is 0.346. The zero-order valence-electron chi connectivity index (χ0n) is 19.0. The van der Waals surface area contributed by atoms with Crippen LogP contribution in [0.4, 0.5) is 0 Å². The minimum Gasteiger partial charge on any atom is -0.482 e. The number of carbonyl (C=O) groups excluding carboxylic acids is 2. The molecule has 8 heteroatoms. The first-order chi connectivity index (χ1) is 16.5. The Labute approximate surface area is 196 Å². The average Bonchev–Trinajstić information content (AvgIpc) is 3.35. The molecule has 2 aromatic carbocycles. The summed E-state index contributed by atoms with van der Waals surface area (Å²) in [7, 11) is 0. The highest BCUT2D eigenvalue weighted by Crippen LogP contribution is 2.21. The van der Waals surface area contributed by atoms with Gasteiger partial charge in [0.2, 0.25) is 0 Å². The van der Waals surface area contributed by atoms with Crippen LogP contribution in [-0.2, 0) is 16.0 Å². The van der Waals surface area contributed by atoms with E-state index in [1.807, 2.05) is 24.3 Å². The third-order valence-corrected chi connectivity index (χ3v) is 5.52. The van der Waals surface area contributed by atoms with Gasteiger partial charge in [-0.3, -0.25) is 4.79 Å². The fourth-order valence-corrected chi connectivity index (χ4v) is 3.76. The van der Waals surface area contributed by atoms with Crippen molar-refractivity contribution in [3.63, 3.8) is 0 Å². The Kier molecular flexibility index (Phi) is 7.59. The maximum Gasteiger partial charge on any atom is 0.349 e. The lowest BCUT2D eigenvalue weighted by Crippen LogP contribution is -2.34. The van der Waals surface area contributed by atoms with Crippen molar-refractivity contribution in [2.45, 2.75) is 38.7 Å². The number of hydrogen-bond acceptors (Lipinski definition) is 7. The Morgan fingerprint density at radius 2 is 1.88 bits per heavy atom. The van der Waals surface area contributed by atoms with E-state index in [1.54, 1.807) is 12.1 Å². The van der Waals surface area contributed by atoms with Crippen molar-refractivity contribution in [2.24, 2.45) is 0 Å². The van der Waals surface area contributed by atoms with E-state index in [0.717, 1.165) is 25.7 Å². The lowest BCUT2D eigenvalue weighted by atomic mass is 10.1. The van der Waals surface area contributed by atoms with Crippen LogP contribution in [0.1, 0.15) is 42.1 Å². The molecule has 0 spiro atoms. The number of hydrogen-bond donors (Lipinski definition) is 1. The van der Waals surface area contributed by atoms with Crippen molar-refractivity contribution < 1.29 is 28.2 Å². The summed E-state index contributed by atoms with van der Waals surface area (Å²) in [5.74, 6) is -0.323. The molecule has 0 saturated carbocycles. The number of carbonyl (C=O) groups is 2. The number of ether oxygens (including phenoxy) is 3. The quantitative estimate of drug-likeness (QED) is 0.292. The average molecular weight is 466 g/mol. The second-order valence-electron chi connectivity index (χ2n) is 8.15. The lowest BCUT2D eigenvalue weighted by molar-refractivity contribution is -0.136. The highest BCUT2D eigenvalue weighted by molar-refractivity contribution is 5.96. The topological polar surface area (TPSA) is 104 Å². The Hall–Kier alpha value is -3.65. The third kappa shape index (κ3) is 6.02. The van der Waals surface area contributed by atoms with E-state index in [0.29, 0.717) is 24.3 Å². The number of benzene rings is 2. The lowest BCUT2D eigenvalue weighted by Gasteiger charge is -2.10. The largest absolute Gasteiger partial charge is 0.482 e. The molecule has 1 amide bonds. The van der Waals surface area contributed by atoms with Gasteiger partial charge in [0.25, 0.3) is 5.91 Å². The number of aryl methyl sites for hydroxylation is 1. The van der Waals surface area contributed by atoms with Gasteiger partial charge in [0.1, 0.15) is 22.6 Å². The van der Waals surface area contributed by atoms with Crippen molar-refractivity contribution in [2.75, 3.05) is 19.8 Å². The molecule has 4 rings (SSSR count). The second-order valence-corrected chi connectivity index (χ2v) is 8.15. The minimum atomic E-state index is -0.768. The molecule has 1 fully saturated rings. The highest BCUT2D eigenvalue weighted by Gasteiger charge is 2.19. The molecule has 178 valence electrons. The smallest absolute Gasteiger partial charge is 0.349 e. The van der Waals surface area contributed by atoms with E-state index in [-0.39, 0.29) is 29.6 Å². The first-order valence-electron chi connectivity index (χ1n) is 11.4. The Morgan fingerprint density at radius 3 is 2.62 bits per heavy atom. The number of esters is 1. The van der Waals surface area contributed by atoms with Gasteiger partial charge in [0, 0.05) is 24.6 Å². The van der Waals surface area contributed by atoms with Crippen LogP contribution in [-0.4, -0.2) is 37.7 Å². The van der Waals surface area contributed by atoms with Crippen molar-refractivity contribution in [1.29, 1.82) is 0 Å². The number of nitrogens with one attached hydrogen (secondary N) is 1. The first-order valence-corrected chi connectivity index (χ1v) is 11.4. The zero-order chi connectivity index (χ0) is 23.9. The summed E-state index contributed by atoms with van der Waals surface area (Å²) in [4.78, 5) is 36.9. The van der Waals surface area contributed by atoms with Crippen LogP contribution < -0.4 is 20.4 Å². The maximum atomic E-state index is 12.4. The molecule has 1 N–H and O–H groups in total. The monoisotopic (exact) mass is 465 g/mol. The predicted octanol–water partition coefficient (Wildman–Crippen LogP) is 3.64. The van der Waals surface area contributed by atoms with E-state index in [2.05, 4.69) is 12.2 Å². The van der Waals surface area contributed by atoms with Gasteiger partial charge in [0.05, 0.1) is 6.10 Å². The minimum absolute atomic E-state index is 0.0295. The summed E-state index contributed by atoms with van der Waals surface area (Å²) in [5, 5.41) is 3.25. The molecule has 1 aliphatic rings. The number of amides is 1. The van der Waals surface area contributed by atoms with Crippen LogP contribution in [0.25, 0.3) is 11.0 Å². The molecular formula is C26H27NO7. The van der Waals surface area contributed by atoms with E-state index in [1.165, 1.54) is 17.7 Å². The summed E-state index contributed by atoms with van der Waals surface area (Å²) in [6.45, 7) is 2.88. The van der Waals surface area contributed by atoms with Crippen molar-refractivity contribution in [1.82, 2.24) is 5.32 Å². The van der Waals surface area contributed by atoms with Crippen molar-refractivity contribution >= 4 is 22.8 Å². The third-order valence-electron chi connectivity index (χ3n) is 5.52. The van der Waals surface area contributed by atoms with E-state index < -0.39 is 17.5 Å². The summed E-state index contributed by atoms with van der Waals surface area (Å²) in [6, 6.07) is 13.6. The molecule has 1 aliphatic heterocycles. The molecule has 8 nitrogen and oxygen atoms in total. The molecule has 34 heavy (non-hydrogen) atoms. The molecule has 0 radical (unpaired) electrons. The van der Waals surface area contributed by atoms with Gasteiger partial charge in [-0.2, -0.15) is 0 Å². The molecular weight excluding hydrogens is 438 g/mol. The molecule has 1 saturated heterocycles. The van der Waals surface area contributed by atoms with Crippen molar-refractivity contribution in [3.8, 4) is 11.5 Å². The predicted molar refractivity (Wildman–Crippen MR) is 125 cm³/mol. The Morgan fingerprint density at radius 1 is 1.09 bits per heavy atom. The van der Waals surface area contributed by atoms with Crippen LogP contribution >= 0.6 is 0 Å². The highest BCUT2D eigenvalue weighted by atomic mass is 16.6. The van der Waals surface area contributed by atoms with Gasteiger partial charge < -0.3 is 23.9 Å². The Bertz CT molecular complexity index is 1210. The molecule has 1 atom stereocenters. The molecule has 1 aromatic heterocycles. The number of fused-ring (bicyclic) bond motifs is 1. The molecule has 2 heterocycles. The van der Waals surface area contributed by atoms with Gasteiger partial charge in [-0.1, -0.05) is 25.5 Å².